The standard InChI is InChI=1S/C18H20N4O4/c1-12(20)21-11-5-4-8-18(9-10-19,17(25)26)22-15(23)13-6-2-3-7-14(13)16(22)24/h2-3,6-7H,4-5,8-9,11H2,1H3,(H2,20,21)(H,25,26). The summed E-state index contributed by atoms with van der Waals surface area (Å²) in [6.07, 6.45) is 0.393. The number of nitriles is 1. The van der Waals surface area contributed by atoms with E-state index >= 15 is 0 Å². The van der Waals surface area contributed by atoms with Crippen molar-refractivity contribution in [1.82, 2.24) is 4.90 Å². The largest absolute Gasteiger partial charge is 0.479 e. The third kappa shape index (κ3) is 3.42. The zero-order valence-corrected chi connectivity index (χ0v) is 14.4. The minimum Gasteiger partial charge on any atom is -0.479 e. The van der Waals surface area contributed by atoms with E-state index in [1.54, 1.807) is 19.1 Å². The van der Waals surface area contributed by atoms with Crippen LogP contribution in [-0.2, 0) is 4.79 Å². The van der Waals surface area contributed by atoms with Gasteiger partial charge in [0.2, 0.25) is 0 Å². The molecular weight excluding hydrogens is 336 g/mol. The monoisotopic (exact) mass is 356 g/mol. The number of nitrogens with zero attached hydrogens (tertiary/aromatic N) is 3. The lowest BCUT2D eigenvalue weighted by Crippen LogP contribution is -2.57. The molecule has 8 nitrogen and oxygen atoms in total. The lowest BCUT2D eigenvalue weighted by atomic mass is 9.87. The Balaban J connectivity index is 2.32. The first-order valence-corrected chi connectivity index (χ1v) is 8.20. The normalized spacial score (nSPS) is 16.2. The second-order valence-corrected chi connectivity index (χ2v) is 6.14. The number of unbranched alkanes of at least 4 members (excludes halogenated alkanes) is 1. The van der Waals surface area contributed by atoms with E-state index < -0.39 is 29.7 Å². The molecule has 0 aromatic heterocycles. The summed E-state index contributed by atoms with van der Waals surface area (Å²) in [5.41, 5.74) is 3.87. The van der Waals surface area contributed by atoms with Gasteiger partial charge in [0, 0.05) is 6.54 Å². The van der Waals surface area contributed by atoms with E-state index in [1.165, 1.54) is 12.1 Å². The smallest absolute Gasteiger partial charge is 0.331 e. The van der Waals surface area contributed by atoms with Crippen LogP contribution >= 0.6 is 0 Å². The molecule has 26 heavy (non-hydrogen) atoms. The number of carbonyl (C=O) groups is 3. The van der Waals surface area contributed by atoms with Gasteiger partial charge in [0.05, 0.1) is 29.5 Å². The molecule has 1 aliphatic heterocycles. The number of nitrogens with two attached hydrogens (primary N) is 1. The summed E-state index contributed by atoms with van der Waals surface area (Å²) in [7, 11) is 0. The molecule has 1 atom stereocenters. The van der Waals surface area contributed by atoms with Gasteiger partial charge < -0.3 is 10.8 Å². The highest BCUT2D eigenvalue weighted by atomic mass is 16.4. The molecule has 0 spiro atoms. The topological polar surface area (TPSA) is 137 Å². The highest BCUT2D eigenvalue weighted by Gasteiger charge is 2.53. The quantitative estimate of drug-likeness (QED) is 0.314. The fourth-order valence-corrected chi connectivity index (χ4v) is 3.05. The molecule has 8 heteroatoms. The summed E-state index contributed by atoms with van der Waals surface area (Å²) in [6.45, 7) is 2.06. The summed E-state index contributed by atoms with van der Waals surface area (Å²) in [5.74, 6) is -2.31. The van der Waals surface area contributed by atoms with Gasteiger partial charge in [-0.1, -0.05) is 12.1 Å². The van der Waals surface area contributed by atoms with Crippen molar-refractivity contribution in [3.63, 3.8) is 0 Å². The first-order valence-electron chi connectivity index (χ1n) is 8.20. The molecule has 2 amide bonds. The molecule has 136 valence electrons. The van der Waals surface area contributed by atoms with Crippen molar-refractivity contribution in [3.8, 4) is 6.07 Å². The molecule has 0 radical (unpaired) electrons. The molecule has 1 heterocycles. The summed E-state index contributed by atoms with van der Waals surface area (Å²) in [6, 6.07) is 7.99. The maximum absolute atomic E-state index is 12.7. The van der Waals surface area contributed by atoms with Crippen molar-refractivity contribution < 1.29 is 19.5 Å². The molecule has 0 saturated heterocycles. The highest BCUT2D eigenvalue weighted by molar-refractivity contribution is 6.23. The Hall–Kier alpha value is -3.21. The van der Waals surface area contributed by atoms with Crippen LogP contribution in [0.25, 0.3) is 0 Å². The van der Waals surface area contributed by atoms with Gasteiger partial charge in [0.15, 0.2) is 5.54 Å². The highest BCUT2D eigenvalue weighted by Crippen LogP contribution is 2.35. The number of carboxylic acids is 1. The van der Waals surface area contributed by atoms with E-state index in [4.69, 9.17) is 5.73 Å². The first-order chi connectivity index (χ1) is 12.3. The van der Waals surface area contributed by atoms with E-state index in [2.05, 4.69) is 4.99 Å². The van der Waals surface area contributed by atoms with E-state index in [0.29, 0.717) is 25.2 Å². The van der Waals surface area contributed by atoms with Crippen LogP contribution in [0.2, 0.25) is 0 Å². The molecular formula is C18H20N4O4. The van der Waals surface area contributed by atoms with Crippen LogP contribution in [0, 0.1) is 11.3 Å². The summed E-state index contributed by atoms with van der Waals surface area (Å²) in [5, 5.41) is 19.0. The number of hydrogen-bond acceptors (Lipinski definition) is 5. The number of imide groups is 1. The Morgan fingerprint density at radius 1 is 1.27 bits per heavy atom. The maximum Gasteiger partial charge on any atom is 0.331 e. The molecule has 1 unspecified atom stereocenters. The fraction of sp³-hybridized carbons (Fsp3) is 0.389. The van der Waals surface area contributed by atoms with Gasteiger partial charge >= 0.3 is 5.97 Å². The number of amides is 2. The van der Waals surface area contributed by atoms with Crippen molar-refractivity contribution in [3.05, 3.63) is 35.4 Å². The number of carbonyl (C=O) groups excluding carboxylic acids is 2. The Labute approximate surface area is 150 Å². The first kappa shape index (κ1) is 19.1. The molecule has 0 bridgehead atoms. The molecule has 2 rings (SSSR count). The average Bonchev–Trinajstić information content (AvgIpc) is 2.85. The van der Waals surface area contributed by atoms with Crippen LogP contribution in [0.4, 0.5) is 0 Å². The van der Waals surface area contributed by atoms with Crippen molar-refractivity contribution in [1.29, 1.82) is 5.26 Å². The fourth-order valence-electron chi connectivity index (χ4n) is 3.05. The van der Waals surface area contributed by atoms with E-state index in [9.17, 15) is 24.8 Å². The molecule has 0 saturated carbocycles. The average molecular weight is 356 g/mol. The van der Waals surface area contributed by atoms with Gasteiger partial charge in [0.25, 0.3) is 11.8 Å². The van der Waals surface area contributed by atoms with Crippen LogP contribution in [0.1, 0.15) is 53.3 Å². The van der Waals surface area contributed by atoms with E-state index in [-0.39, 0.29) is 17.5 Å². The Morgan fingerprint density at radius 2 is 1.85 bits per heavy atom. The number of fused-ring (bicyclic) bond motifs is 1. The Morgan fingerprint density at radius 3 is 2.31 bits per heavy atom. The van der Waals surface area contributed by atoms with Gasteiger partial charge in [-0.3, -0.25) is 19.5 Å². The molecule has 1 aromatic carbocycles. The third-order valence-electron chi connectivity index (χ3n) is 4.35. The van der Waals surface area contributed by atoms with Crippen LogP contribution in [0.15, 0.2) is 29.3 Å². The second-order valence-electron chi connectivity index (χ2n) is 6.14. The maximum atomic E-state index is 12.7. The molecule has 3 N–H and O–H groups in total. The van der Waals surface area contributed by atoms with Gasteiger partial charge in [-0.05, 0) is 38.3 Å². The molecule has 1 aromatic rings. The summed E-state index contributed by atoms with van der Waals surface area (Å²) in [4.78, 5) is 42.2. The van der Waals surface area contributed by atoms with Crippen LogP contribution in [0.3, 0.4) is 0 Å². The van der Waals surface area contributed by atoms with Crippen molar-refractivity contribution in [2.45, 2.75) is 38.1 Å². The number of carboxylic acid groups (broad SMARTS) is 1. The number of benzene rings is 1. The third-order valence-corrected chi connectivity index (χ3v) is 4.35. The van der Waals surface area contributed by atoms with E-state index in [0.717, 1.165) is 4.90 Å². The number of aliphatic imine (C=N–C) groups is 1. The number of hydrogen-bond donors (Lipinski definition) is 2. The van der Waals surface area contributed by atoms with Gasteiger partial charge in [0.1, 0.15) is 0 Å². The minimum atomic E-state index is -1.90. The van der Waals surface area contributed by atoms with Gasteiger partial charge in [-0.2, -0.15) is 5.26 Å². The molecule has 0 aliphatic carbocycles. The predicted octanol–water partition coefficient (Wildman–Crippen LogP) is 1.57. The van der Waals surface area contributed by atoms with Crippen LogP contribution in [-0.4, -0.2) is 45.7 Å². The van der Waals surface area contributed by atoms with Crippen molar-refractivity contribution >= 4 is 23.6 Å². The summed E-state index contributed by atoms with van der Waals surface area (Å²) < 4.78 is 0. The van der Waals surface area contributed by atoms with Crippen LogP contribution < -0.4 is 5.73 Å². The lowest BCUT2D eigenvalue weighted by molar-refractivity contribution is -0.148. The number of aliphatic carboxylic acids is 1. The molecule has 1 aliphatic rings. The minimum absolute atomic E-state index is 0.0273. The Kier molecular flexibility index (Phi) is 5.72. The predicted molar refractivity (Wildman–Crippen MR) is 93.6 cm³/mol. The lowest BCUT2D eigenvalue weighted by Gasteiger charge is -2.35. The second kappa shape index (κ2) is 7.78. The molecule has 0 fully saturated rings. The van der Waals surface area contributed by atoms with Gasteiger partial charge in [-0.15, -0.1) is 0 Å². The zero-order chi connectivity index (χ0) is 19.3. The Bertz CT molecular complexity index is 773. The zero-order valence-electron chi connectivity index (χ0n) is 14.4. The van der Waals surface area contributed by atoms with E-state index in [1.807, 2.05) is 6.07 Å². The van der Waals surface area contributed by atoms with Crippen LogP contribution in [0.5, 0.6) is 0 Å². The van der Waals surface area contributed by atoms with Gasteiger partial charge in [-0.25, -0.2) is 4.79 Å². The van der Waals surface area contributed by atoms with Crippen molar-refractivity contribution in [2.24, 2.45) is 10.7 Å². The number of rotatable bonds is 8. The summed E-state index contributed by atoms with van der Waals surface area (Å²) >= 11 is 0. The van der Waals surface area contributed by atoms with Crippen molar-refractivity contribution in [2.75, 3.05) is 6.54 Å². The SMILES string of the molecule is CC(N)=NCCCCC(CC#N)(C(=O)O)N1C(=O)c2ccccc2C1=O. The number of amidine groups is 1.